The van der Waals surface area contributed by atoms with E-state index in [4.69, 9.17) is 0 Å². The number of hydrogen-bond acceptors (Lipinski definition) is 3. The second-order valence-electron chi connectivity index (χ2n) is 6.00. The lowest BCUT2D eigenvalue weighted by Crippen LogP contribution is -2.42. The summed E-state index contributed by atoms with van der Waals surface area (Å²) in [6.07, 6.45) is 2.77. The Balaban J connectivity index is 1.81. The van der Waals surface area contributed by atoms with Crippen molar-refractivity contribution in [3.63, 3.8) is 0 Å². The lowest BCUT2D eigenvalue weighted by molar-refractivity contribution is -0.127. The summed E-state index contributed by atoms with van der Waals surface area (Å²) in [7, 11) is 0. The van der Waals surface area contributed by atoms with Crippen LogP contribution in [0.4, 0.5) is 0 Å². The minimum Gasteiger partial charge on any atom is -0.508 e. The third-order valence-electron chi connectivity index (χ3n) is 4.34. The van der Waals surface area contributed by atoms with Gasteiger partial charge in [0, 0.05) is 24.1 Å². The molecule has 1 saturated heterocycles. The summed E-state index contributed by atoms with van der Waals surface area (Å²) < 4.78 is 0. The summed E-state index contributed by atoms with van der Waals surface area (Å²) in [6.45, 7) is 6.71. The molecule has 1 aliphatic heterocycles. The highest BCUT2D eigenvalue weighted by atomic mass is 16.3. The van der Waals surface area contributed by atoms with Crippen LogP contribution in [-0.2, 0) is 11.3 Å². The van der Waals surface area contributed by atoms with Gasteiger partial charge >= 0.3 is 0 Å². The number of nitrogens with zero attached hydrogens (tertiary/aromatic N) is 1. The Bertz CT molecular complexity index is 468. The van der Waals surface area contributed by atoms with Crippen LogP contribution in [0.1, 0.15) is 38.7 Å². The molecule has 1 fully saturated rings. The molecule has 0 bridgehead atoms. The molecule has 1 aromatic carbocycles. The van der Waals surface area contributed by atoms with Gasteiger partial charge in [0.25, 0.3) is 0 Å². The summed E-state index contributed by atoms with van der Waals surface area (Å²) in [6, 6.07) is 7.72. The molecule has 1 heterocycles. The average molecular weight is 290 g/mol. The topological polar surface area (TPSA) is 52.6 Å². The fraction of sp³-hybridized carbons (Fsp3) is 0.588. The Kier molecular flexibility index (Phi) is 5.62. The molecule has 1 aliphatic rings. The van der Waals surface area contributed by atoms with Crippen LogP contribution >= 0.6 is 0 Å². The van der Waals surface area contributed by atoms with Crippen LogP contribution in [0.2, 0.25) is 0 Å². The highest BCUT2D eigenvalue weighted by molar-refractivity contribution is 5.79. The van der Waals surface area contributed by atoms with Crippen LogP contribution < -0.4 is 5.32 Å². The predicted molar refractivity (Wildman–Crippen MR) is 84.0 cm³/mol. The van der Waals surface area contributed by atoms with Gasteiger partial charge in [-0.1, -0.05) is 25.1 Å². The Morgan fingerprint density at radius 3 is 2.67 bits per heavy atom. The molecule has 1 aromatic rings. The number of likely N-dealkylation sites (tertiary alicyclic amines) is 1. The van der Waals surface area contributed by atoms with Crippen molar-refractivity contribution in [2.45, 2.75) is 45.7 Å². The minimum absolute atomic E-state index is 0.139. The summed E-state index contributed by atoms with van der Waals surface area (Å²) in [5, 5.41) is 12.9. The van der Waals surface area contributed by atoms with Gasteiger partial charge < -0.3 is 10.4 Å². The first kappa shape index (κ1) is 15.8. The first-order chi connectivity index (χ1) is 10.1. The largest absolute Gasteiger partial charge is 0.508 e. The van der Waals surface area contributed by atoms with Gasteiger partial charge in [-0.2, -0.15) is 0 Å². The standard InChI is InChI=1S/C17H26N2O2/c1-3-13(2)18-17(21)14-8-10-19(11-9-14)12-15-6-4-5-7-16(15)20/h4-7,13-14,20H,3,8-12H2,1-2H3,(H,18,21)/t13-/m1/s1. The van der Waals surface area contributed by atoms with E-state index in [-0.39, 0.29) is 17.9 Å². The molecule has 0 aliphatic carbocycles. The van der Waals surface area contributed by atoms with E-state index in [0.717, 1.165) is 44.5 Å². The van der Waals surface area contributed by atoms with E-state index in [1.807, 2.05) is 25.1 Å². The maximum atomic E-state index is 12.1. The molecule has 0 spiro atoms. The third-order valence-corrected chi connectivity index (χ3v) is 4.34. The molecule has 1 atom stereocenters. The van der Waals surface area contributed by atoms with E-state index < -0.39 is 0 Å². The number of nitrogens with one attached hydrogen (secondary N) is 1. The van der Waals surface area contributed by atoms with Crippen molar-refractivity contribution in [1.29, 1.82) is 0 Å². The zero-order valence-electron chi connectivity index (χ0n) is 13.0. The Hall–Kier alpha value is -1.55. The lowest BCUT2D eigenvalue weighted by Gasteiger charge is -2.32. The van der Waals surface area contributed by atoms with Crippen LogP contribution in [0.5, 0.6) is 5.75 Å². The SMILES string of the molecule is CC[C@@H](C)NC(=O)C1CCN(Cc2ccccc2O)CC1. The summed E-state index contributed by atoms with van der Waals surface area (Å²) in [5.74, 6) is 0.695. The second kappa shape index (κ2) is 7.46. The fourth-order valence-corrected chi connectivity index (χ4v) is 2.70. The van der Waals surface area contributed by atoms with Crippen molar-refractivity contribution in [2.75, 3.05) is 13.1 Å². The molecule has 4 heteroatoms. The third kappa shape index (κ3) is 4.46. The van der Waals surface area contributed by atoms with Gasteiger partial charge in [-0.25, -0.2) is 0 Å². The molecule has 2 N–H and O–H groups in total. The van der Waals surface area contributed by atoms with Crippen molar-refractivity contribution < 1.29 is 9.90 Å². The molecule has 2 rings (SSSR count). The maximum absolute atomic E-state index is 12.1. The number of benzene rings is 1. The molecule has 0 unspecified atom stereocenters. The second-order valence-corrected chi connectivity index (χ2v) is 6.00. The van der Waals surface area contributed by atoms with E-state index in [1.54, 1.807) is 6.07 Å². The van der Waals surface area contributed by atoms with Crippen LogP contribution in [-0.4, -0.2) is 35.0 Å². The van der Waals surface area contributed by atoms with Crippen LogP contribution in [0, 0.1) is 5.92 Å². The van der Waals surface area contributed by atoms with Crippen molar-refractivity contribution in [1.82, 2.24) is 10.2 Å². The van der Waals surface area contributed by atoms with Gasteiger partial charge in [-0.15, -0.1) is 0 Å². The van der Waals surface area contributed by atoms with Gasteiger partial charge in [0.2, 0.25) is 5.91 Å². The number of amides is 1. The first-order valence-electron chi connectivity index (χ1n) is 7.89. The Morgan fingerprint density at radius 1 is 1.38 bits per heavy atom. The normalized spacial score (nSPS) is 18.4. The highest BCUT2D eigenvalue weighted by Gasteiger charge is 2.25. The van der Waals surface area contributed by atoms with Gasteiger partial charge in [-0.05, 0) is 45.3 Å². The van der Waals surface area contributed by atoms with Crippen molar-refractivity contribution in [3.8, 4) is 5.75 Å². The number of carbonyl (C=O) groups is 1. The van der Waals surface area contributed by atoms with Gasteiger partial charge in [0.1, 0.15) is 5.75 Å². The first-order valence-corrected chi connectivity index (χ1v) is 7.89. The van der Waals surface area contributed by atoms with E-state index in [0.29, 0.717) is 5.75 Å². The van der Waals surface area contributed by atoms with E-state index in [1.165, 1.54) is 0 Å². The van der Waals surface area contributed by atoms with E-state index >= 15 is 0 Å². The average Bonchev–Trinajstić information content (AvgIpc) is 2.50. The van der Waals surface area contributed by atoms with Crippen LogP contribution in [0.3, 0.4) is 0 Å². The molecular weight excluding hydrogens is 264 g/mol. The summed E-state index contributed by atoms with van der Waals surface area (Å²) in [5.41, 5.74) is 0.958. The number of hydrogen-bond donors (Lipinski definition) is 2. The number of para-hydroxylation sites is 1. The summed E-state index contributed by atoms with van der Waals surface area (Å²) in [4.78, 5) is 14.4. The molecule has 21 heavy (non-hydrogen) atoms. The monoisotopic (exact) mass is 290 g/mol. The molecule has 0 saturated carbocycles. The molecule has 1 amide bonds. The highest BCUT2D eigenvalue weighted by Crippen LogP contribution is 2.22. The number of carbonyl (C=O) groups excluding carboxylic acids is 1. The molecule has 4 nitrogen and oxygen atoms in total. The Labute approximate surface area is 127 Å². The smallest absolute Gasteiger partial charge is 0.223 e. The van der Waals surface area contributed by atoms with Gasteiger partial charge in [-0.3, -0.25) is 9.69 Å². The number of aromatic hydroxyl groups is 1. The van der Waals surface area contributed by atoms with Crippen molar-refractivity contribution in [3.05, 3.63) is 29.8 Å². The van der Waals surface area contributed by atoms with Crippen LogP contribution in [0.25, 0.3) is 0 Å². The number of phenolic OH excluding ortho intramolecular Hbond substituents is 1. The maximum Gasteiger partial charge on any atom is 0.223 e. The zero-order valence-corrected chi connectivity index (χ0v) is 13.0. The zero-order chi connectivity index (χ0) is 15.2. The molecule has 0 aromatic heterocycles. The van der Waals surface area contributed by atoms with Gasteiger partial charge in [0.05, 0.1) is 0 Å². The van der Waals surface area contributed by atoms with E-state index in [2.05, 4.69) is 17.1 Å². The van der Waals surface area contributed by atoms with E-state index in [9.17, 15) is 9.90 Å². The van der Waals surface area contributed by atoms with Crippen molar-refractivity contribution >= 4 is 5.91 Å². The quantitative estimate of drug-likeness (QED) is 0.876. The lowest BCUT2D eigenvalue weighted by atomic mass is 9.95. The van der Waals surface area contributed by atoms with Crippen molar-refractivity contribution in [2.24, 2.45) is 5.92 Å². The fourth-order valence-electron chi connectivity index (χ4n) is 2.70. The molecule has 0 radical (unpaired) electrons. The minimum atomic E-state index is 0.139. The molecular formula is C17H26N2O2. The van der Waals surface area contributed by atoms with Gasteiger partial charge in [0.15, 0.2) is 0 Å². The predicted octanol–water partition coefficient (Wildman–Crippen LogP) is 2.52. The number of phenols is 1. The number of piperidine rings is 1. The van der Waals surface area contributed by atoms with Crippen LogP contribution in [0.15, 0.2) is 24.3 Å². The summed E-state index contributed by atoms with van der Waals surface area (Å²) >= 11 is 0. The number of rotatable bonds is 5. The Morgan fingerprint density at radius 2 is 2.05 bits per heavy atom. The molecule has 116 valence electrons.